The molecule has 16 heavy (non-hydrogen) atoms. The van der Waals surface area contributed by atoms with Gasteiger partial charge in [0, 0.05) is 10.4 Å². The molecule has 0 N–H and O–H groups in total. The lowest BCUT2D eigenvalue weighted by Gasteiger charge is -2.05. The summed E-state index contributed by atoms with van der Waals surface area (Å²) in [5.74, 6) is -0.812. The average molecular weight is 227 g/mol. The Morgan fingerprint density at radius 3 is 2.50 bits per heavy atom. The number of nitrogens with zero attached hydrogens (tertiary/aromatic N) is 1. The van der Waals surface area contributed by atoms with E-state index in [-0.39, 0.29) is 5.78 Å². The minimum absolute atomic E-state index is 0.134. The first-order chi connectivity index (χ1) is 7.83. The van der Waals surface area contributed by atoms with E-state index in [0.29, 0.717) is 5.56 Å². The van der Waals surface area contributed by atoms with Crippen LogP contribution >= 0.6 is 11.3 Å². The van der Waals surface area contributed by atoms with Crippen LogP contribution in [0.3, 0.4) is 0 Å². The van der Waals surface area contributed by atoms with Crippen molar-refractivity contribution in [2.45, 2.75) is 5.92 Å². The van der Waals surface area contributed by atoms with E-state index in [4.69, 9.17) is 5.26 Å². The minimum atomic E-state index is -0.678. The Bertz CT molecular complexity index is 511. The third kappa shape index (κ3) is 2.02. The van der Waals surface area contributed by atoms with Gasteiger partial charge in [-0.05, 0) is 11.4 Å². The van der Waals surface area contributed by atoms with Crippen molar-refractivity contribution in [2.75, 3.05) is 0 Å². The molecule has 1 unspecified atom stereocenters. The zero-order valence-corrected chi connectivity index (χ0v) is 9.28. The summed E-state index contributed by atoms with van der Waals surface area (Å²) in [6, 6.07) is 14.7. The first-order valence-corrected chi connectivity index (χ1v) is 5.73. The molecule has 0 bridgehead atoms. The zero-order valence-electron chi connectivity index (χ0n) is 8.46. The van der Waals surface area contributed by atoms with E-state index in [0.717, 1.165) is 4.88 Å². The fourth-order valence-electron chi connectivity index (χ4n) is 1.48. The average Bonchev–Trinajstić information content (AvgIpc) is 2.85. The lowest BCUT2D eigenvalue weighted by molar-refractivity contribution is 0.0980. The number of carbonyl (C=O) groups excluding carboxylic acids is 1. The van der Waals surface area contributed by atoms with Crippen molar-refractivity contribution in [1.82, 2.24) is 0 Å². The number of hydrogen-bond acceptors (Lipinski definition) is 3. The van der Waals surface area contributed by atoms with Crippen LogP contribution < -0.4 is 0 Å². The highest BCUT2D eigenvalue weighted by atomic mass is 32.1. The second-order valence-corrected chi connectivity index (χ2v) is 4.29. The number of nitriles is 1. The lowest BCUT2D eigenvalue weighted by Crippen LogP contribution is -2.09. The van der Waals surface area contributed by atoms with Crippen molar-refractivity contribution in [3.05, 3.63) is 58.3 Å². The normalized spacial score (nSPS) is 11.7. The molecular formula is C13H9NOS. The van der Waals surface area contributed by atoms with Gasteiger partial charge in [-0.15, -0.1) is 11.3 Å². The van der Waals surface area contributed by atoms with E-state index in [2.05, 4.69) is 6.07 Å². The van der Waals surface area contributed by atoms with Gasteiger partial charge >= 0.3 is 0 Å². The van der Waals surface area contributed by atoms with Crippen molar-refractivity contribution in [1.29, 1.82) is 5.26 Å². The van der Waals surface area contributed by atoms with Gasteiger partial charge in [-0.25, -0.2) is 0 Å². The van der Waals surface area contributed by atoms with E-state index in [1.165, 1.54) is 11.3 Å². The molecule has 0 aliphatic heterocycles. The van der Waals surface area contributed by atoms with Crippen LogP contribution in [0.4, 0.5) is 0 Å². The molecule has 0 amide bonds. The maximum Gasteiger partial charge on any atom is 0.185 e. The molecule has 0 saturated carbocycles. The van der Waals surface area contributed by atoms with E-state index >= 15 is 0 Å². The fraction of sp³-hybridized carbons (Fsp3) is 0.0769. The van der Waals surface area contributed by atoms with Crippen molar-refractivity contribution in [3.63, 3.8) is 0 Å². The van der Waals surface area contributed by atoms with Crippen molar-refractivity contribution in [3.8, 4) is 6.07 Å². The summed E-state index contributed by atoms with van der Waals surface area (Å²) in [6.45, 7) is 0. The van der Waals surface area contributed by atoms with E-state index in [1.807, 2.05) is 23.6 Å². The zero-order chi connectivity index (χ0) is 11.4. The van der Waals surface area contributed by atoms with Gasteiger partial charge in [-0.1, -0.05) is 36.4 Å². The summed E-state index contributed by atoms with van der Waals surface area (Å²) in [7, 11) is 0. The molecular weight excluding hydrogens is 218 g/mol. The topological polar surface area (TPSA) is 40.9 Å². The Morgan fingerprint density at radius 1 is 1.19 bits per heavy atom. The van der Waals surface area contributed by atoms with Gasteiger partial charge in [-0.3, -0.25) is 4.79 Å². The van der Waals surface area contributed by atoms with Crippen LogP contribution in [0.1, 0.15) is 21.2 Å². The Labute approximate surface area is 97.8 Å². The molecule has 1 aromatic heterocycles. The SMILES string of the molecule is N#CC(C(=O)c1ccccc1)c1cccs1. The van der Waals surface area contributed by atoms with Crippen molar-refractivity contribution in [2.24, 2.45) is 0 Å². The van der Waals surface area contributed by atoms with E-state index in [1.54, 1.807) is 24.3 Å². The summed E-state index contributed by atoms with van der Waals surface area (Å²) >= 11 is 1.44. The maximum absolute atomic E-state index is 12.1. The molecule has 2 rings (SSSR count). The number of benzene rings is 1. The van der Waals surface area contributed by atoms with Crippen LogP contribution in [0.25, 0.3) is 0 Å². The predicted octanol–water partition coefficient (Wildman–Crippen LogP) is 3.24. The highest BCUT2D eigenvalue weighted by Gasteiger charge is 2.22. The van der Waals surface area contributed by atoms with Gasteiger partial charge < -0.3 is 0 Å². The molecule has 0 fully saturated rings. The Hall–Kier alpha value is -1.92. The smallest absolute Gasteiger partial charge is 0.185 e. The molecule has 2 aromatic rings. The predicted molar refractivity (Wildman–Crippen MR) is 63.4 cm³/mol. The molecule has 0 spiro atoms. The lowest BCUT2D eigenvalue weighted by atomic mass is 9.97. The number of carbonyl (C=O) groups is 1. The van der Waals surface area contributed by atoms with Gasteiger partial charge in [0.25, 0.3) is 0 Å². The van der Waals surface area contributed by atoms with Crippen LogP contribution in [0.15, 0.2) is 47.8 Å². The molecule has 0 aliphatic rings. The van der Waals surface area contributed by atoms with Crippen LogP contribution in [0, 0.1) is 11.3 Å². The quantitative estimate of drug-likeness (QED) is 0.755. The summed E-state index contributed by atoms with van der Waals surface area (Å²) in [6.07, 6.45) is 0. The second kappa shape index (κ2) is 4.73. The van der Waals surface area contributed by atoms with Gasteiger partial charge in [0.05, 0.1) is 6.07 Å². The first kappa shape index (κ1) is 10.6. The second-order valence-electron chi connectivity index (χ2n) is 3.31. The standard InChI is InChI=1S/C13H9NOS/c14-9-11(12-7-4-8-16-12)13(15)10-5-2-1-3-6-10/h1-8,11H. The van der Waals surface area contributed by atoms with Crippen LogP contribution in [0.5, 0.6) is 0 Å². The number of ketones is 1. The maximum atomic E-state index is 12.1. The number of Topliss-reactive ketones (excluding diaryl/α,β-unsaturated/α-hetero) is 1. The van der Waals surface area contributed by atoms with Gasteiger partial charge in [0.1, 0.15) is 5.92 Å². The van der Waals surface area contributed by atoms with Crippen LogP contribution in [0.2, 0.25) is 0 Å². The molecule has 78 valence electrons. The summed E-state index contributed by atoms with van der Waals surface area (Å²) in [5.41, 5.74) is 0.586. The number of hydrogen-bond donors (Lipinski definition) is 0. The third-order valence-electron chi connectivity index (χ3n) is 2.28. The monoisotopic (exact) mass is 227 g/mol. The Morgan fingerprint density at radius 2 is 1.94 bits per heavy atom. The highest BCUT2D eigenvalue weighted by Crippen LogP contribution is 2.24. The molecule has 0 saturated heterocycles. The summed E-state index contributed by atoms with van der Waals surface area (Å²) in [4.78, 5) is 12.9. The van der Waals surface area contributed by atoms with Gasteiger partial charge in [0.2, 0.25) is 0 Å². The Balaban J connectivity index is 2.31. The van der Waals surface area contributed by atoms with Crippen LogP contribution in [-0.2, 0) is 0 Å². The van der Waals surface area contributed by atoms with E-state index in [9.17, 15) is 4.79 Å². The molecule has 0 radical (unpaired) electrons. The number of rotatable bonds is 3. The van der Waals surface area contributed by atoms with Gasteiger partial charge in [0.15, 0.2) is 5.78 Å². The summed E-state index contributed by atoms with van der Waals surface area (Å²) in [5, 5.41) is 10.9. The fourth-order valence-corrected chi connectivity index (χ4v) is 2.24. The summed E-state index contributed by atoms with van der Waals surface area (Å²) < 4.78 is 0. The van der Waals surface area contributed by atoms with Crippen LogP contribution in [-0.4, -0.2) is 5.78 Å². The molecule has 1 aromatic carbocycles. The third-order valence-corrected chi connectivity index (χ3v) is 3.21. The highest BCUT2D eigenvalue weighted by molar-refractivity contribution is 7.10. The molecule has 1 heterocycles. The Kier molecular flexibility index (Phi) is 3.13. The first-order valence-electron chi connectivity index (χ1n) is 4.85. The van der Waals surface area contributed by atoms with Gasteiger partial charge in [-0.2, -0.15) is 5.26 Å². The molecule has 3 heteroatoms. The van der Waals surface area contributed by atoms with E-state index < -0.39 is 5.92 Å². The largest absolute Gasteiger partial charge is 0.292 e. The molecule has 0 aliphatic carbocycles. The van der Waals surface area contributed by atoms with Crippen molar-refractivity contribution < 1.29 is 4.79 Å². The molecule has 1 atom stereocenters. The minimum Gasteiger partial charge on any atom is -0.292 e. The molecule has 2 nitrogen and oxygen atoms in total. The van der Waals surface area contributed by atoms with Crippen molar-refractivity contribution >= 4 is 17.1 Å². The number of thiophene rings is 1.